The van der Waals surface area contributed by atoms with Gasteiger partial charge in [0.1, 0.15) is 17.2 Å². The van der Waals surface area contributed by atoms with Crippen molar-refractivity contribution in [2.45, 2.75) is 27.7 Å². The molecule has 0 aliphatic rings. The van der Waals surface area contributed by atoms with E-state index in [1.165, 1.54) is 6.07 Å². The molecular weight excluding hydrogens is 277 g/mol. The van der Waals surface area contributed by atoms with E-state index < -0.39 is 0 Å². The Balaban J connectivity index is 0.000000693. The van der Waals surface area contributed by atoms with Crippen molar-refractivity contribution in [3.05, 3.63) is 53.7 Å². The number of nitrogens with zero attached hydrogens (tertiary/aromatic N) is 3. The Kier molecular flexibility index (Phi) is 3.53. The van der Waals surface area contributed by atoms with Crippen LogP contribution < -0.4 is 0 Å². The van der Waals surface area contributed by atoms with E-state index in [0.717, 1.165) is 33.6 Å². The zero-order chi connectivity index (χ0) is 15.9. The van der Waals surface area contributed by atoms with Crippen molar-refractivity contribution in [2.24, 2.45) is 0 Å². The molecule has 0 atom stereocenters. The second-order valence-electron chi connectivity index (χ2n) is 5.02. The third-order valence-electron chi connectivity index (χ3n) is 3.65. The van der Waals surface area contributed by atoms with Gasteiger partial charge in [0.25, 0.3) is 0 Å². The van der Waals surface area contributed by atoms with E-state index in [2.05, 4.69) is 9.97 Å². The van der Waals surface area contributed by atoms with Crippen molar-refractivity contribution in [2.75, 3.05) is 0 Å². The largest absolute Gasteiger partial charge is 0.296 e. The Morgan fingerprint density at radius 2 is 1.73 bits per heavy atom. The number of benzene rings is 1. The minimum atomic E-state index is -0.216. The van der Waals surface area contributed by atoms with E-state index in [0.29, 0.717) is 5.39 Å². The Hall–Kier alpha value is -2.49. The highest BCUT2D eigenvalue weighted by molar-refractivity contribution is 5.99. The van der Waals surface area contributed by atoms with E-state index in [9.17, 15) is 4.39 Å². The first-order chi connectivity index (χ1) is 10.6. The van der Waals surface area contributed by atoms with Crippen LogP contribution >= 0.6 is 0 Å². The van der Waals surface area contributed by atoms with E-state index in [1.54, 1.807) is 6.07 Å². The molecule has 0 amide bonds. The fourth-order valence-electron chi connectivity index (χ4n) is 2.77. The van der Waals surface area contributed by atoms with E-state index in [-0.39, 0.29) is 5.82 Å². The molecule has 0 saturated carbocycles. The first-order valence-corrected chi connectivity index (χ1v) is 7.49. The average Bonchev–Trinajstić information content (AvgIpc) is 2.92. The number of hydrogen-bond acceptors (Lipinski definition) is 2. The molecule has 0 radical (unpaired) electrons. The van der Waals surface area contributed by atoms with Crippen molar-refractivity contribution < 1.29 is 4.39 Å². The molecule has 4 rings (SSSR count). The zero-order valence-electron chi connectivity index (χ0n) is 13.2. The third kappa shape index (κ3) is 2.03. The molecule has 22 heavy (non-hydrogen) atoms. The van der Waals surface area contributed by atoms with Crippen molar-refractivity contribution in [1.82, 2.24) is 14.4 Å². The lowest BCUT2D eigenvalue weighted by molar-refractivity contribution is 0.640. The molecule has 0 fully saturated rings. The fraction of sp³-hybridized carbons (Fsp3) is 0.222. The Morgan fingerprint density at radius 1 is 0.955 bits per heavy atom. The molecule has 0 saturated heterocycles. The standard InChI is InChI=1S/C16H12FN3.C2H6/c1-9-6-7-13-16(18-9)15-8-11-12(17)4-3-5-14(11)20(15)10(2)19-13;1-2/h3-8H,1-2H3;1-2H3. The molecule has 3 nitrogen and oxygen atoms in total. The van der Waals surface area contributed by atoms with E-state index in [1.807, 2.05) is 56.4 Å². The van der Waals surface area contributed by atoms with Gasteiger partial charge in [-0.15, -0.1) is 0 Å². The molecule has 4 heteroatoms. The summed E-state index contributed by atoms with van der Waals surface area (Å²) < 4.78 is 15.9. The summed E-state index contributed by atoms with van der Waals surface area (Å²) in [6, 6.07) is 10.9. The maximum absolute atomic E-state index is 14.0. The summed E-state index contributed by atoms with van der Waals surface area (Å²) in [6.07, 6.45) is 0. The number of pyridine rings is 1. The predicted octanol–water partition coefficient (Wildman–Crippen LogP) is 4.82. The van der Waals surface area contributed by atoms with Gasteiger partial charge < -0.3 is 0 Å². The number of aryl methyl sites for hydroxylation is 2. The van der Waals surface area contributed by atoms with Gasteiger partial charge >= 0.3 is 0 Å². The van der Waals surface area contributed by atoms with Crippen LogP contribution in [0.1, 0.15) is 25.4 Å². The molecule has 0 N–H and O–H groups in total. The zero-order valence-corrected chi connectivity index (χ0v) is 13.2. The maximum Gasteiger partial charge on any atom is 0.132 e. The number of rotatable bonds is 0. The molecular formula is C18H18FN3. The SMILES string of the molecule is CC.Cc1ccc2nc(C)n3c4cccc(F)c4cc3c2n1. The van der Waals surface area contributed by atoms with Gasteiger partial charge in [0.05, 0.1) is 16.6 Å². The van der Waals surface area contributed by atoms with Gasteiger partial charge in [-0.1, -0.05) is 19.9 Å². The summed E-state index contributed by atoms with van der Waals surface area (Å²) >= 11 is 0. The lowest BCUT2D eigenvalue weighted by atomic mass is 10.2. The summed E-state index contributed by atoms with van der Waals surface area (Å²) in [5.74, 6) is 0.616. The number of fused-ring (bicyclic) bond motifs is 5. The number of hydrogen-bond donors (Lipinski definition) is 0. The van der Waals surface area contributed by atoms with Crippen LogP contribution in [0.15, 0.2) is 36.4 Å². The molecule has 112 valence electrons. The minimum Gasteiger partial charge on any atom is -0.296 e. The third-order valence-corrected chi connectivity index (χ3v) is 3.65. The first-order valence-electron chi connectivity index (χ1n) is 7.49. The summed E-state index contributed by atoms with van der Waals surface area (Å²) in [4.78, 5) is 9.14. The van der Waals surface area contributed by atoms with Crippen LogP contribution in [-0.4, -0.2) is 14.4 Å². The molecule has 3 aromatic heterocycles. The van der Waals surface area contributed by atoms with Gasteiger partial charge in [-0.3, -0.25) is 4.40 Å². The molecule has 0 spiro atoms. The highest BCUT2D eigenvalue weighted by Crippen LogP contribution is 2.27. The van der Waals surface area contributed by atoms with Crippen LogP contribution in [0.5, 0.6) is 0 Å². The van der Waals surface area contributed by atoms with Crippen LogP contribution in [-0.2, 0) is 0 Å². The van der Waals surface area contributed by atoms with Gasteiger partial charge in [0, 0.05) is 11.1 Å². The molecule has 1 aromatic carbocycles. The van der Waals surface area contributed by atoms with Gasteiger partial charge in [0.15, 0.2) is 0 Å². The average molecular weight is 295 g/mol. The Labute approximate surface area is 128 Å². The molecule has 0 bridgehead atoms. The lowest BCUT2D eigenvalue weighted by Crippen LogP contribution is -1.98. The number of halogens is 1. The van der Waals surface area contributed by atoms with E-state index in [4.69, 9.17) is 0 Å². The predicted molar refractivity (Wildman–Crippen MR) is 88.8 cm³/mol. The second kappa shape index (κ2) is 5.37. The normalized spacial score (nSPS) is 11.0. The van der Waals surface area contributed by atoms with Crippen molar-refractivity contribution in [3.8, 4) is 0 Å². The van der Waals surface area contributed by atoms with Crippen molar-refractivity contribution in [1.29, 1.82) is 0 Å². The second-order valence-corrected chi connectivity index (χ2v) is 5.02. The van der Waals surface area contributed by atoms with Crippen LogP contribution in [0, 0.1) is 19.7 Å². The fourth-order valence-corrected chi connectivity index (χ4v) is 2.77. The van der Waals surface area contributed by atoms with Gasteiger partial charge in [0.2, 0.25) is 0 Å². The molecule has 3 heterocycles. The molecule has 4 aromatic rings. The lowest BCUT2D eigenvalue weighted by Gasteiger charge is -2.06. The Bertz CT molecular complexity index is 986. The summed E-state index contributed by atoms with van der Waals surface area (Å²) in [5, 5.41) is 0.605. The molecule has 0 aliphatic carbocycles. The summed E-state index contributed by atoms with van der Waals surface area (Å²) in [7, 11) is 0. The van der Waals surface area contributed by atoms with Crippen molar-refractivity contribution in [3.63, 3.8) is 0 Å². The summed E-state index contributed by atoms with van der Waals surface area (Å²) in [6.45, 7) is 7.87. The van der Waals surface area contributed by atoms with Crippen molar-refractivity contribution >= 4 is 27.5 Å². The van der Waals surface area contributed by atoms with Crippen LogP contribution in [0.4, 0.5) is 4.39 Å². The van der Waals surface area contributed by atoms with Crippen LogP contribution in [0.25, 0.3) is 27.5 Å². The van der Waals surface area contributed by atoms with Gasteiger partial charge in [-0.2, -0.15) is 0 Å². The number of aromatic nitrogens is 3. The van der Waals surface area contributed by atoms with Crippen LogP contribution in [0.2, 0.25) is 0 Å². The Morgan fingerprint density at radius 3 is 2.50 bits per heavy atom. The summed E-state index contributed by atoms with van der Waals surface area (Å²) in [5.41, 5.74) is 4.30. The van der Waals surface area contributed by atoms with Crippen LogP contribution in [0.3, 0.4) is 0 Å². The molecule has 0 aliphatic heterocycles. The molecule has 0 unspecified atom stereocenters. The van der Waals surface area contributed by atoms with Gasteiger partial charge in [-0.05, 0) is 44.2 Å². The topological polar surface area (TPSA) is 30.2 Å². The quantitative estimate of drug-likeness (QED) is 0.465. The maximum atomic E-state index is 14.0. The highest BCUT2D eigenvalue weighted by atomic mass is 19.1. The highest BCUT2D eigenvalue weighted by Gasteiger charge is 2.13. The van der Waals surface area contributed by atoms with E-state index >= 15 is 0 Å². The minimum absolute atomic E-state index is 0.216. The monoisotopic (exact) mass is 295 g/mol. The first kappa shape index (κ1) is 14.4. The smallest absolute Gasteiger partial charge is 0.132 e. The van der Waals surface area contributed by atoms with Gasteiger partial charge in [-0.25, -0.2) is 14.4 Å².